The van der Waals surface area contributed by atoms with E-state index in [9.17, 15) is 0 Å². The highest BCUT2D eigenvalue weighted by molar-refractivity contribution is 4.85. The Morgan fingerprint density at radius 2 is 1.61 bits per heavy atom. The van der Waals surface area contributed by atoms with Crippen LogP contribution in [-0.4, -0.2) is 64.1 Å². The summed E-state index contributed by atoms with van der Waals surface area (Å²) in [5.74, 6) is 0. The maximum Gasteiger partial charge on any atom is 0.0971 e. The topological polar surface area (TPSA) is 33.7 Å². The van der Waals surface area contributed by atoms with Crippen molar-refractivity contribution in [3.8, 4) is 0 Å². The van der Waals surface area contributed by atoms with Gasteiger partial charge in [0.15, 0.2) is 0 Å². The van der Waals surface area contributed by atoms with Gasteiger partial charge in [-0.05, 0) is 32.5 Å². The molecule has 0 bridgehead atoms. The second kappa shape index (κ2) is 9.73. The molecule has 2 unspecified atom stereocenters. The number of rotatable bonds is 10. The highest BCUT2D eigenvalue weighted by atomic mass is 16.5. The first-order valence-corrected chi connectivity index (χ1v) is 7.30. The van der Waals surface area contributed by atoms with E-state index >= 15 is 0 Å². The molecule has 0 amide bonds. The third-order valence-corrected chi connectivity index (χ3v) is 3.72. The van der Waals surface area contributed by atoms with Gasteiger partial charge >= 0.3 is 0 Å². The van der Waals surface area contributed by atoms with Gasteiger partial charge in [0.1, 0.15) is 0 Å². The van der Waals surface area contributed by atoms with Crippen molar-refractivity contribution in [1.29, 1.82) is 0 Å². The third kappa shape index (κ3) is 5.65. The Hall–Kier alpha value is -0.160. The fraction of sp³-hybridized carbons (Fsp3) is 1.00. The molecular formula is C14H30N2O2. The van der Waals surface area contributed by atoms with Gasteiger partial charge < -0.3 is 14.8 Å². The number of nitrogens with one attached hydrogen (secondary N) is 1. The van der Waals surface area contributed by atoms with Crippen LogP contribution >= 0.6 is 0 Å². The smallest absolute Gasteiger partial charge is 0.0971 e. The van der Waals surface area contributed by atoms with Gasteiger partial charge in [-0.25, -0.2) is 0 Å². The molecule has 0 spiro atoms. The molecule has 0 aromatic carbocycles. The Morgan fingerprint density at radius 1 is 1.00 bits per heavy atom. The van der Waals surface area contributed by atoms with Gasteiger partial charge in [-0.1, -0.05) is 19.8 Å². The Labute approximate surface area is 112 Å². The summed E-state index contributed by atoms with van der Waals surface area (Å²) in [7, 11) is 3.56. The summed E-state index contributed by atoms with van der Waals surface area (Å²) >= 11 is 0. The van der Waals surface area contributed by atoms with Crippen LogP contribution in [0.15, 0.2) is 0 Å². The van der Waals surface area contributed by atoms with Crippen LogP contribution in [0.4, 0.5) is 0 Å². The quantitative estimate of drug-likeness (QED) is 0.602. The molecule has 0 radical (unpaired) electrons. The van der Waals surface area contributed by atoms with Crippen molar-refractivity contribution in [3.63, 3.8) is 0 Å². The molecule has 0 aromatic rings. The van der Waals surface area contributed by atoms with Gasteiger partial charge in [0.2, 0.25) is 0 Å². The van der Waals surface area contributed by atoms with E-state index in [-0.39, 0.29) is 12.2 Å². The summed E-state index contributed by atoms with van der Waals surface area (Å²) in [5.41, 5.74) is 0. The molecule has 1 aliphatic heterocycles. The van der Waals surface area contributed by atoms with E-state index in [0.29, 0.717) is 0 Å². The first-order valence-electron chi connectivity index (χ1n) is 7.30. The molecule has 4 nitrogen and oxygen atoms in total. The number of hydrogen-bond donors (Lipinski definition) is 1. The Bertz CT molecular complexity index is 190. The predicted octanol–water partition coefficient (Wildman–Crippen LogP) is 1.50. The zero-order valence-electron chi connectivity index (χ0n) is 12.3. The zero-order chi connectivity index (χ0) is 13.2. The molecule has 1 N–H and O–H groups in total. The summed E-state index contributed by atoms with van der Waals surface area (Å²) < 4.78 is 10.9. The van der Waals surface area contributed by atoms with Crippen molar-refractivity contribution in [1.82, 2.24) is 10.2 Å². The molecule has 1 rings (SSSR count). The molecule has 1 heterocycles. The molecule has 108 valence electrons. The standard InChI is InChI=1S/C14H30N2O2/c1-4-15-9-7-5-6-8-10-16-11-13(17-2)14(12-16)18-3/h13-15H,4-12H2,1-3H3. The van der Waals surface area contributed by atoms with Gasteiger partial charge in [0.05, 0.1) is 12.2 Å². The number of nitrogens with zero attached hydrogens (tertiary/aromatic N) is 1. The molecule has 1 fully saturated rings. The first kappa shape index (κ1) is 15.9. The van der Waals surface area contributed by atoms with Crippen LogP contribution in [0.2, 0.25) is 0 Å². The summed E-state index contributed by atoms with van der Waals surface area (Å²) in [6.45, 7) is 7.63. The zero-order valence-corrected chi connectivity index (χ0v) is 12.3. The minimum Gasteiger partial charge on any atom is -0.377 e. The largest absolute Gasteiger partial charge is 0.377 e. The van der Waals surface area contributed by atoms with Gasteiger partial charge in [0.25, 0.3) is 0 Å². The Balaban J connectivity index is 2.00. The van der Waals surface area contributed by atoms with Crippen molar-refractivity contribution < 1.29 is 9.47 Å². The molecule has 4 heteroatoms. The van der Waals surface area contributed by atoms with E-state index < -0.39 is 0 Å². The van der Waals surface area contributed by atoms with Crippen molar-refractivity contribution in [2.24, 2.45) is 0 Å². The summed E-state index contributed by atoms with van der Waals surface area (Å²) in [6.07, 6.45) is 5.76. The van der Waals surface area contributed by atoms with E-state index in [1.807, 2.05) is 0 Å². The highest BCUT2D eigenvalue weighted by Crippen LogP contribution is 2.16. The molecule has 0 saturated carbocycles. The lowest BCUT2D eigenvalue weighted by atomic mass is 10.2. The molecule has 1 aliphatic rings. The summed E-state index contributed by atoms with van der Waals surface area (Å²) in [4.78, 5) is 2.46. The average Bonchev–Trinajstić information content (AvgIpc) is 2.80. The minimum absolute atomic E-state index is 0.253. The monoisotopic (exact) mass is 258 g/mol. The Morgan fingerprint density at radius 3 is 2.17 bits per heavy atom. The molecular weight excluding hydrogens is 228 g/mol. The van der Waals surface area contributed by atoms with Gasteiger partial charge in [-0.15, -0.1) is 0 Å². The second-order valence-electron chi connectivity index (χ2n) is 5.08. The van der Waals surface area contributed by atoms with Crippen molar-refractivity contribution in [3.05, 3.63) is 0 Å². The second-order valence-corrected chi connectivity index (χ2v) is 5.08. The Kier molecular flexibility index (Phi) is 8.59. The van der Waals surface area contributed by atoms with Crippen LogP contribution in [0.1, 0.15) is 32.6 Å². The average molecular weight is 258 g/mol. The fourth-order valence-electron chi connectivity index (χ4n) is 2.57. The summed E-state index contributed by atoms with van der Waals surface area (Å²) in [5, 5.41) is 3.36. The van der Waals surface area contributed by atoms with Crippen LogP contribution < -0.4 is 5.32 Å². The van der Waals surface area contributed by atoms with Crippen LogP contribution in [-0.2, 0) is 9.47 Å². The van der Waals surface area contributed by atoms with Crippen LogP contribution in [0.5, 0.6) is 0 Å². The predicted molar refractivity (Wildman–Crippen MR) is 75.0 cm³/mol. The van der Waals surface area contributed by atoms with Crippen LogP contribution in [0.3, 0.4) is 0 Å². The fourth-order valence-corrected chi connectivity index (χ4v) is 2.57. The summed E-state index contributed by atoms with van der Waals surface area (Å²) in [6, 6.07) is 0. The SMILES string of the molecule is CCNCCCCCCN1CC(OC)C(OC)C1. The minimum atomic E-state index is 0.253. The third-order valence-electron chi connectivity index (χ3n) is 3.72. The lowest BCUT2D eigenvalue weighted by Crippen LogP contribution is -2.27. The van der Waals surface area contributed by atoms with Crippen molar-refractivity contribution in [2.75, 3.05) is 46.9 Å². The van der Waals surface area contributed by atoms with Gasteiger partial charge in [-0.2, -0.15) is 0 Å². The van der Waals surface area contributed by atoms with Crippen molar-refractivity contribution >= 4 is 0 Å². The number of methoxy groups -OCH3 is 2. The first-order chi connectivity index (χ1) is 8.81. The highest BCUT2D eigenvalue weighted by Gasteiger charge is 2.32. The molecule has 18 heavy (non-hydrogen) atoms. The van der Waals surface area contributed by atoms with Crippen molar-refractivity contribution in [2.45, 2.75) is 44.8 Å². The normalized spacial score (nSPS) is 24.8. The van der Waals surface area contributed by atoms with Crippen LogP contribution in [0, 0.1) is 0 Å². The lowest BCUT2D eigenvalue weighted by molar-refractivity contribution is -0.00461. The molecule has 0 aliphatic carbocycles. The number of hydrogen-bond acceptors (Lipinski definition) is 4. The van der Waals surface area contributed by atoms with Crippen LogP contribution in [0.25, 0.3) is 0 Å². The van der Waals surface area contributed by atoms with E-state index in [4.69, 9.17) is 9.47 Å². The van der Waals surface area contributed by atoms with E-state index in [1.54, 1.807) is 14.2 Å². The van der Waals surface area contributed by atoms with E-state index in [0.717, 1.165) is 26.2 Å². The van der Waals surface area contributed by atoms with Gasteiger partial charge in [0, 0.05) is 27.3 Å². The maximum atomic E-state index is 5.44. The van der Waals surface area contributed by atoms with Gasteiger partial charge in [-0.3, -0.25) is 4.90 Å². The lowest BCUT2D eigenvalue weighted by Gasteiger charge is -2.14. The number of ether oxygens (including phenoxy) is 2. The number of unbranched alkanes of at least 4 members (excludes halogenated alkanes) is 3. The molecule has 0 aromatic heterocycles. The molecule has 1 saturated heterocycles. The van der Waals surface area contributed by atoms with E-state index in [2.05, 4.69) is 17.1 Å². The molecule has 2 atom stereocenters. The van der Waals surface area contributed by atoms with E-state index in [1.165, 1.54) is 32.2 Å². The maximum absolute atomic E-state index is 5.44. The number of likely N-dealkylation sites (tertiary alicyclic amines) is 1.